The zero-order valence-corrected chi connectivity index (χ0v) is 16.5. The van der Waals surface area contributed by atoms with E-state index in [9.17, 15) is 13.6 Å². The number of rotatable bonds is 9. The standard InChI is InChI=1S/C20H18F2N2O4S/c1-3-16(17(25)12-4-8-14(26-2)9-5-12)29-20-24-23-18(28-20)13-6-10-15(11-7-13)27-19(21)22/h4-11,16,19H,3H2,1-2H3. The van der Waals surface area contributed by atoms with Gasteiger partial charge in [0.25, 0.3) is 5.22 Å². The van der Waals surface area contributed by atoms with Gasteiger partial charge in [-0.1, -0.05) is 18.7 Å². The Balaban J connectivity index is 1.69. The number of benzene rings is 2. The van der Waals surface area contributed by atoms with Gasteiger partial charge < -0.3 is 13.9 Å². The van der Waals surface area contributed by atoms with Crippen molar-refractivity contribution in [3.63, 3.8) is 0 Å². The fraction of sp³-hybridized carbons (Fsp3) is 0.250. The minimum Gasteiger partial charge on any atom is -0.497 e. The zero-order chi connectivity index (χ0) is 20.8. The molecule has 0 aliphatic rings. The Hall–Kier alpha value is -2.94. The molecular weight excluding hydrogens is 402 g/mol. The summed E-state index contributed by atoms with van der Waals surface area (Å²) in [5.41, 5.74) is 1.13. The van der Waals surface area contributed by atoms with Gasteiger partial charge in [0.1, 0.15) is 11.5 Å². The zero-order valence-electron chi connectivity index (χ0n) is 15.7. The highest BCUT2D eigenvalue weighted by Gasteiger charge is 2.23. The molecule has 0 spiro atoms. The van der Waals surface area contributed by atoms with Gasteiger partial charge in [-0.2, -0.15) is 8.78 Å². The quantitative estimate of drug-likeness (QED) is 0.352. The number of Topliss-reactive ketones (excluding diaryl/α,β-unsaturated/α-hetero) is 1. The Morgan fingerprint density at radius 1 is 1.07 bits per heavy atom. The van der Waals surface area contributed by atoms with Crippen LogP contribution in [-0.4, -0.2) is 35.0 Å². The third-order valence-electron chi connectivity index (χ3n) is 4.01. The highest BCUT2D eigenvalue weighted by Crippen LogP contribution is 2.30. The molecule has 0 fully saturated rings. The van der Waals surface area contributed by atoms with Crippen LogP contribution in [-0.2, 0) is 0 Å². The first kappa shape index (κ1) is 20.8. The Kier molecular flexibility index (Phi) is 6.82. The lowest BCUT2D eigenvalue weighted by Crippen LogP contribution is -2.16. The highest BCUT2D eigenvalue weighted by atomic mass is 32.2. The molecule has 29 heavy (non-hydrogen) atoms. The maximum atomic E-state index is 12.8. The number of alkyl halides is 2. The molecular formula is C20H18F2N2O4S. The van der Waals surface area contributed by atoms with Crippen LogP contribution in [0.4, 0.5) is 8.78 Å². The minimum atomic E-state index is -2.89. The van der Waals surface area contributed by atoms with Gasteiger partial charge in [0.2, 0.25) is 5.89 Å². The van der Waals surface area contributed by atoms with Crippen LogP contribution in [0.15, 0.2) is 58.2 Å². The van der Waals surface area contributed by atoms with E-state index in [1.165, 1.54) is 23.9 Å². The normalized spacial score (nSPS) is 12.0. The van der Waals surface area contributed by atoms with Crippen LogP contribution < -0.4 is 9.47 Å². The summed E-state index contributed by atoms with van der Waals surface area (Å²) in [6, 6.07) is 12.8. The number of hydrogen-bond acceptors (Lipinski definition) is 7. The van der Waals surface area contributed by atoms with Crippen molar-refractivity contribution in [1.29, 1.82) is 0 Å². The van der Waals surface area contributed by atoms with Crippen molar-refractivity contribution in [1.82, 2.24) is 10.2 Å². The van der Waals surface area contributed by atoms with Gasteiger partial charge in [-0.25, -0.2) is 0 Å². The molecule has 0 amide bonds. The number of aromatic nitrogens is 2. The molecule has 9 heteroatoms. The summed E-state index contributed by atoms with van der Waals surface area (Å²) >= 11 is 1.18. The van der Waals surface area contributed by atoms with Crippen LogP contribution >= 0.6 is 11.8 Å². The van der Waals surface area contributed by atoms with E-state index in [-0.39, 0.29) is 22.6 Å². The fourth-order valence-electron chi connectivity index (χ4n) is 2.54. The van der Waals surface area contributed by atoms with Crippen LogP contribution in [0.25, 0.3) is 11.5 Å². The maximum Gasteiger partial charge on any atom is 0.387 e. The molecule has 3 aromatic rings. The number of ether oxygens (including phenoxy) is 2. The summed E-state index contributed by atoms with van der Waals surface area (Å²) < 4.78 is 39.5. The van der Waals surface area contributed by atoms with E-state index in [1.54, 1.807) is 43.5 Å². The molecule has 1 atom stereocenters. The molecule has 152 valence electrons. The summed E-state index contributed by atoms with van der Waals surface area (Å²) in [7, 11) is 1.56. The van der Waals surface area contributed by atoms with Crippen molar-refractivity contribution >= 4 is 17.5 Å². The van der Waals surface area contributed by atoms with Crippen LogP contribution in [0, 0.1) is 0 Å². The Labute approximate surface area is 170 Å². The number of thioether (sulfide) groups is 1. The fourth-order valence-corrected chi connectivity index (χ4v) is 3.41. The van der Waals surface area contributed by atoms with E-state index in [4.69, 9.17) is 9.15 Å². The van der Waals surface area contributed by atoms with E-state index < -0.39 is 11.9 Å². The highest BCUT2D eigenvalue weighted by molar-refractivity contribution is 8.00. The lowest BCUT2D eigenvalue weighted by Gasteiger charge is -2.11. The molecule has 0 bridgehead atoms. The van der Waals surface area contributed by atoms with Gasteiger partial charge in [0, 0.05) is 11.1 Å². The Morgan fingerprint density at radius 3 is 2.31 bits per heavy atom. The first-order valence-electron chi connectivity index (χ1n) is 8.73. The monoisotopic (exact) mass is 420 g/mol. The summed E-state index contributed by atoms with van der Waals surface area (Å²) in [4.78, 5) is 12.8. The number of hydrogen-bond donors (Lipinski definition) is 0. The molecule has 0 radical (unpaired) electrons. The van der Waals surface area contributed by atoms with Crippen molar-refractivity contribution in [3.05, 3.63) is 54.1 Å². The van der Waals surface area contributed by atoms with Gasteiger partial charge in [0.15, 0.2) is 5.78 Å². The lowest BCUT2D eigenvalue weighted by atomic mass is 10.1. The van der Waals surface area contributed by atoms with E-state index >= 15 is 0 Å². The summed E-state index contributed by atoms with van der Waals surface area (Å²) in [6.45, 7) is -0.987. The third-order valence-corrected chi connectivity index (χ3v) is 5.21. The van der Waals surface area contributed by atoms with Gasteiger partial charge >= 0.3 is 6.61 Å². The van der Waals surface area contributed by atoms with Crippen molar-refractivity contribution in [3.8, 4) is 23.0 Å². The molecule has 1 aromatic heterocycles. The van der Waals surface area contributed by atoms with E-state index in [1.807, 2.05) is 6.92 Å². The van der Waals surface area contributed by atoms with E-state index in [0.29, 0.717) is 23.3 Å². The van der Waals surface area contributed by atoms with Gasteiger partial charge in [-0.3, -0.25) is 4.79 Å². The third kappa shape index (κ3) is 5.32. The number of nitrogens with zero attached hydrogens (tertiary/aromatic N) is 2. The molecule has 1 unspecified atom stereocenters. The van der Waals surface area contributed by atoms with Crippen molar-refractivity contribution in [2.75, 3.05) is 7.11 Å². The summed E-state index contributed by atoms with van der Waals surface area (Å²) in [6.07, 6.45) is 0.576. The SMILES string of the molecule is CCC(Sc1nnc(-c2ccc(OC(F)F)cc2)o1)C(=O)c1ccc(OC)cc1. The predicted octanol–water partition coefficient (Wildman–Crippen LogP) is 5.10. The molecule has 1 heterocycles. The number of carbonyl (C=O) groups excluding carboxylic acids is 1. The van der Waals surface area contributed by atoms with Crippen LogP contribution in [0.5, 0.6) is 11.5 Å². The maximum absolute atomic E-state index is 12.8. The smallest absolute Gasteiger partial charge is 0.387 e. The van der Waals surface area contributed by atoms with Gasteiger partial charge in [-0.05, 0) is 55.0 Å². The Morgan fingerprint density at radius 2 is 1.72 bits per heavy atom. The van der Waals surface area contributed by atoms with Crippen LogP contribution in [0.1, 0.15) is 23.7 Å². The second kappa shape index (κ2) is 9.51. The molecule has 6 nitrogen and oxygen atoms in total. The van der Waals surface area contributed by atoms with Crippen molar-refractivity contribution in [2.45, 2.75) is 30.4 Å². The molecule has 0 aliphatic carbocycles. The largest absolute Gasteiger partial charge is 0.497 e. The molecule has 3 rings (SSSR count). The van der Waals surface area contributed by atoms with Gasteiger partial charge in [-0.15, -0.1) is 10.2 Å². The van der Waals surface area contributed by atoms with Crippen LogP contribution in [0.2, 0.25) is 0 Å². The molecule has 0 saturated carbocycles. The van der Waals surface area contributed by atoms with Crippen molar-refractivity contribution in [2.24, 2.45) is 0 Å². The second-order valence-electron chi connectivity index (χ2n) is 5.88. The molecule has 0 saturated heterocycles. The first-order valence-corrected chi connectivity index (χ1v) is 9.61. The summed E-state index contributed by atoms with van der Waals surface area (Å²) in [5, 5.41) is 7.80. The topological polar surface area (TPSA) is 74.5 Å². The minimum absolute atomic E-state index is 0.0361. The van der Waals surface area contributed by atoms with E-state index in [0.717, 1.165) is 0 Å². The lowest BCUT2D eigenvalue weighted by molar-refractivity contribution is -0.0498. The average Bonchev–Trinajstić information content (AvgIpc) is 3.20. The Bertz CT molecular complexity index is 946. The number of carbonyl (C=O) groups is 1. The molecule has 0 aliphatic heterocycles. The van der Waals surface area contributed by atoms with Crippen molar-refractivity contribution < 1.29 is 27.5 Å². The molecule has 2 aromatic carbocycles. The van der Waals surface area contributed by atoms with Crippen LogP contribution in [0.3, 0.4) is 0 Å². The second-order valence-corrected chi connectivity index (χ2v) is 7.04. The average molecular weight is 420 g/mol. The van der Waals surface area contributed by atoms with Gasteiger partial charge in [0.05, 0.1) is 12.4 Å². The predicted molar refractivity (Wildman–Crippen MR) is 104 cm³/mol. The first-order chi connectivity index (χ1) is 14.0. The summed E-state index contributed by atoms with van der Waals surface area (Å²) in [5.74, 6) is 0.888. The molecule has 0 N–H and O–H groups in total. The van der Waals surface area contributed by atoms with E-state index in [2.05, 4.69) is 14.9 Å². The number of methoxy groups -OCH3 is 1. The number of halogens is 2. The number of ketones is 1.